The summed E-state index contributed by atoms with van der Waals surface area (Å²) in [6, 6.07) is 6.24. The molecule has 0 atom stereocenters. The third-order valence-electron chi connectivity index (χ3n) is 2.70. The molecule has 1 heterocycles. The highest BCUT2D eigenvalue weighted by Gasteiger charge is 2.22. The highest BCUT2D eigenvalue weighted by molar-refractivity contribution is 5.92. The number of nitrogens with one attached hydrogen (secondary N) is 1. The second-order valence-electron chi connectivity index (χ2n) is 4.03. The van der Waals surface area contributed by atoms with E-state index in [-0.39, 0.29) is 30.5 Å². The van der Waals surface area contributed by atoms with E-state index in [4.69, 9.17) is 5.11 Å². The van der Waals surface area contributed by atoms with Gasteiger partial charge >= 0.3 is 5.97 Å². The molecule has 2 amide bonds. The minimum Gasteiger partial charge on any atom is -0.478 e. The van der Waals surface area contributed by atoms with E-state index >= 15 is 0 Å². The number of hydrogen-bond acceptors (Lipinski definition) is 3. The van der Waals surface area contributed by atoms with Crippen molar-refractivity contribution in [3.05, 3.63) is 35.4 Å². The van der Waals surface area contributed by atoms with Gasteiger partial charge in [-0.25, -0.2) is 4.79 Å². The van der Waals surface area contributed by atoms with Crippen LogP contribution in [0.4, 0.5) is 0 Å². The van der Waals surface area contributed by atoms with Crippen molar-refractivity contribution in [1.29, 1.82) is 0 Å². The van der Waals surface area contributed by atoms with E-state index in [0.717, 1.165) is 5.56 Å². The van der Waals surface area contributed by atoms with Gasteiger partial charge in [0.15, 0.2) is 0 Å². The number of piperazine rings is 1. The summed E-state index contributed by atoms with van der Waals surface area (Å²) in [5.74, 6) is -1.32. The van der Waals surface area contributed by atoms with Crippen LogP contribution in [-0.2, 0) is 16.1 Å². The molecule has 0 aromatic heterocycles. The molecule has 0 unspecified atom stereocenters. The Kier molecular flexibility index (Phi) is 3.27. The maximum absolute atomic E-state index is 11.5. The van der Waals surface area contributed by atoms with Crippen LogP contribution in [0.25, 0.3) is 0 Å². The molecule has 0 saturated carbocycles. The van der Waals surface area contributed by atoms with Crippen LogP contribution in [0.15, 0.2) is 24.3 Å². The van der Waals surface area contributed by atoms with Gasteiger partial charge in [0.2, 0.25) is 11.8 Å². The lowest BCUT2D eigenvalue weighted by atomic mass is 10.1. The second kappa shape index (κ2) is 4.87. The molecule has 1 fully saturated rings. The van der Waals surface area contributed by atoms with Crippen LogP contribution >= 0.6 is 0 Å². The van der Waals surface area contributed by atoms with Gasteiger partial charge < -0.3 is 15.3 Å². The van der Waals surface area contributed by atoms with Crippen LogP contribution < -0.4 is 5.32 Å². The average molecular weight is 248 g/mol. The van der Waals surface area contributed by atoms with Gasteiger partial charge in [-0.15, -0.1) is 0 Å². The lowest BCUT2D eigenvalue weighted by molar-refractivity contribution is -0.141. The standard InChI is InChI=1S/C12H12N2O4/c15-10-7-14(11(16)5-13-10)6-8-1-3-9(4-2-8)12(17)18/h1-4H,5-7H2,(H,13,15)(H,17,18). The van der Waals surface area contributed by atoms with Crippen molar-refractivity contribution in [2.75, 3.05) is 13.1 Å². The zero-order chi connectivity index (χ0) is 13.1. The number of hydrogen-bond donors (Lipinski definition) is 2. The first-order valence-corrected chi connectivity index (χ1v) is 5.43. The van der Waals surface area contributed by atoms with Crippen molar-refractivity contribution in [3.8, 4) is 0 Å². The van der Waals surface area contributed by atoms with Crippen LogP contribution in [-0.4, -0.2) is 40.9 Å². The Morgan fingerprint density at radius 2 is 1.94 bits per heavy atom. The van der Waals surface area contributed by atoms with Gasteiger partial charge in [-0.2, -0.15) is 0 Å². The molecular formula is C12H12N2O4. The van der Waals surface area contributed by atoms with Gasteiger partial charge in [0.1, 0.15) is 0 Å². The number of benzene rings is 1. The van der Waals surface area contributed by atoms with Crippen molar-refractivity contribution >= 4 is 17.8 Å². The lowest BCUT2D eigenvalue weighted by Crippen LogP contribution is -2.50. The second-order valence-corrected chi connectivity index (χ2v) is 4.03. The minimum absolute atomic E-state index is 0.0199. The maximum Gasteiger partial charge on any atom is 0.335 e. The van der Waals surface area contributed by atoms with E-state index in [1.165, 1.54) is 17.0 Å². The van der Waals surface area contributed by atoms with Crippen molar-refractivity contribution < 1.29 is 19.5 Å². The number of rotatable bonds is 3. The number of aromatic carboxylic acids is 1. The van der Waals surface area contributed by atoms with Crippen LogP contribution in [0.3, 0.4) is 0 Å². The molecule has 1 aromatic rings. The zero-order valence-corrected chi connectivity index (χ0v) is 9.55. The van der Waals surface area contributed by atoms with Crippen LogP contribution in [0.5, 0.6) is 0 Å². The SMILES string of the molecule is O=C1CN(Cc2ccc(C(=O)O)cc2)C(=O)CN1. The molecule has 1 saturated heterocycles. The van der Waals surface area contributed by atoms with E-state index in [1.807, 2.05) is 0 Å². The summed E-state index contributed by atoms with van der Waals surface area (Å²) >= 11 is 0. The topological polar surface area (TPSA) is 86.7 Å². The maximum atomic E-state index is 11.5. The van der Waals surface area contributed by atoms with Crippen LogP contribution in [0.2, 0.25) is 0 Å². The number of carboxylic acids is 1. The van der Waals surface area contributed by atoms with Crippen molar-refractivity contribution in [1.82, 2.24) is 10.2 Å². The van der Waals surface area contributed by atoms with E-state index in [9.17, 15) is 14.4 Å². The monoisotopic (exact) mass is 248 g/mol. The van der Waals surface area contributed by atoms with Gasteiger partial charge in [-0.1, -0.05) is 12.1 Å². The molecule has 2 rings (SSSR count). The summed E-state index contributed by atoms with van der Waals surface area (Å²) in [5, 5.41) is 11.2. The quantitative estimate of drug-likeness (QED) is 0.778. The molecule has 1 aromatic carbocycles. The van der Waals surface area contributed by atoms with E-state index in [1.54, 1.807) is 12.1 Å². The summed E-state index contributed by atoms with van der Waals surface area (Å²) in [6.07, 6.45) is 0. The van der Waals surface area contributed by atoms with E-state index in [0.29, 0.717) is 6.54 Å². The predicted molar refractivity (Wildman–Crippen MR) is 61.8 cm³/mol. The Labute approximate surface area is 103 Å². The van der Waals surface area contributed by atoms with Gasteiger partial charge in [-0.3, -0.25) is 9.59 Å². The molecule has 2 N–H and O–H groups in total. The van der Waals surface area contributed by atoms with Crippen molar-refractivity contribution in [2.45, 2.75) is 6.54 Å². The highest BCUT2D eigenvalue weighted by atomic mass is 16.4. The zero-order valence-electron chi connectivity index (χ0n) is 9.55. The third kappa shape index (κ3) is 2.65. The molecule has 18 heavy (non-hydrogen) atoms. The summed E-state index contributed by atoms with van der Waals surface area (Å²) in [5.41, 5.74) is 0.990. The van der Waals surface area contributed by atoms with Gasteiger partial charge in [-0.05, 0) is 17.7 Å². The average Bonchev–Trinajstić information content (AvgIpc) is 2.34. The first kappa shape index (κ1) is 12.1. The normalized spacial score (nSPS) is 15.4. The summed E-state index contributed by atoms with van der Waals surface area (Å²) < 4.78 is 0. The smallest absolute Gasteiger partial charge is 0.335 e. The Morgan fingerprint density at radius 3 is 2.56 bits per heavy atom. The van der Waals surface area contributed by atoms with Crippen molar-refractivity contribution in [3.63, 3.8) is 0 Å². The Balaban J connectivity index is 2.06. The molecule has 0 radical (unpaired) electrons. The van der Waals surface area contributed by atoms with E-state index < -0.39 is 5.97 Å². The molecule has 1 aliphatic heterocycles. The first-order chi connectivity index (χ1) is 8.56. The molecule has 0 aliphatic carbocycles. The molecule has 94 valence electrons. The Bertz CT molecular complexity index is 495. The minimum atomic E-state index is -0.991. The summed E-state index contributed by atoms with van der Waals surface area (Å²) in [6.45, 7) is 0.373. The van der Waals surface area contributed by atoms with E-state index in [2.05, 4.69) is 5.32 Å². The van der Waals surface area contributed by atoms with Gasteiger partial charge in [0.05, 0.1) is 18.7 Å². The fourth-order valence-corrected chi connectivity index (χ4v) is 1.72. The van der Waals surface area contributed by atoms with Crippen LogP contribution in [0, 0.1) is 0 Å². The molecule has 1 aliphatic rings. The Morgan fingerprint density at radius 1 is 1.28 bits per heavy atom. The predicted octanol–water partition coefficient (Wildman–Crippen LogP) is -0.157. The fraction of sp³-hybridized carbons (Fsp3) is 0.250. The summed E-state index contributed by atoms with van der Waals surface area (Å²) in [7, 11) is 0. The largest absolute Gasteiger partial charge is 0.478 e. The number of carbonyl (C=O) groups excluding carboxylic acids is 2. The van der Waals surface area contributed by atoms with Crippen LogP contribution in [0.1, 0.15) is 15.9 Å². The van der Waals surface area contributed by atoms with Gasteiger partial charge in [0, 0.05) is 6.54 Å². The lowest BCUT2D eigenvalue weighted by Gasteiger charge is -2.26. The molecule has 6 heteroatoms. The number of carboxylic acid groups (broad SMARTS) is 1. The molecular weight excluding hydrogens is 236 g/mol. The number of carbonyl (C=O) groups is 3. The van der Waals surface area contributed by atoms with Gasteiger partial charge in [0.25, 0.3) is 0 Å². The highest BCUT2D eigenvalue weighted by Crippen LogP contribution is 2.09. The summed E-state index contributed by atoms with van der Waals surface area (Å²) in [4.78, 5) is 34.8. The Hall–Kier alpha value is -2.37. The molecule has 6 nitrogen and oxygen atoms in total. The number of nitrogens with zero attached hydrogens (tertiary/aromatic N) is 1. The third-order valence-corrected chi connectivity index (χ3v) is 2.70. The first-order valence-electron chi connectivity index (χ1n) is 5.43. The fourth-order valence-electron chi connectivity index (χ4n) is 1.72. The molecule has 0 bridgehead atoms. The van der Waals surface area contributed by atoms with Crippen molar-refractivity contribution in [2.24, 2.45) is 0 Å². The number of amides is 2. The molecule has 0 spiro atoms.